The summed E-state index contributed by atoms with van der Waals surface area (Å²) < 4.78 is 37.5. The van der Waals surface area contributed by atoms with Gasteiger partial charge in [-0.15, -0.1) is 11.3 Å². The van der Waals surface area contributed by atoms with Crippen molar-refractivity contribution in [2.75, 3.05) is 0 Å². The molecule has 1 aromatic heterocycles. The van der Waals surface area contributed by atoms with Gasteiger partial charge in [-0.3, -0.25) is 11.3 Å². The summed E-state index contributed by atoms with van der Waals surface area (Å²) in [5, 5.41) is 2.00. The quantitative estimate of drug-likeness (QED) is 0.649. The molecule has 0 aliphatic heterocycles. The molecule has 0 amide bonds. The number of alkyl halides is 3. The van der Waals surface area contributed by atoms with Gasteiger partial charge >= 0.3 is 6.18 Å². The van der Waals surface area contributed by atoms with Crippen molar-refractivity contribution in [1.82, 2.24) is 5.43 Å². The average molecular weight is 300 g/mol. The maximum atomic E-state index is 12.5. The molecule has 3 N–H and O–H groups in total. The van der Waals surface area contributed by atoms with Crippen LogP contribution in [0.5, 0.6) is 0 Å². The Kier molecular flexibility index (Phi) is 4.80. The van der Waals surface area contributed by atoms with E-state index in [1.807, 2.05) is 17.5 Å². The van der Waals surface area contributed by atoms with Crippen LogP contribution >= 0.6 is 11.3 Å². The Morgan fingerprint density at radius 1 is 1.15 bits per heavy atom. The van der Waals surface area contributed by atoms with Crippen molar-refractivity contribution < 1.29 is 13.2 Å². The fourth-order valence-electron chi connectivity index (χ4n) is 1.99. The molecule has 1 atom stereocenters. The summed E-state index contributed by atoms with van der Waals surface area (Å²) in [4.78, 5) is 1.23. The Balaban J connectivity index is 2.04. The van der Waals surface area contributed by atoms with E-state index in [9.17, 15) is 13.2 Å². The summed E-state index contributed by atoms with van der Waals surface area (Å²) in [7, 11) is 0. The molecule has 20 heavy (non-hydrogen) atoms. The highest BCUT2D eigenvalue weighted by Gasteiger charge is 2.30. The lowest BCUT2D eigenvalue weighted by molar-refractivity contribution is -0.137. The van der Waals surface area contributed by atoms with Crippen LogP contribution in [-0.4, -0.2) is 0 Å². The lowest BCUT2D eigenvalue weighted by atomic mass is 10.0. The van der Waals surface area contributed by atoms with Gasteiger partial charge in [-0.05, 0) is 42.0 Å². The molecule has 6 heteroatoms. The third-order valence-corrected chi connectivity index (χ3v) is 4.04. The van der Waals surface area contributed by atoms with Crippen molar-refractivity contribution in [3.05, 3.63) is 57.8 Å². The standard InChI is InChI=1S/C14H15F3N2S/c15-14(16,17)11-5-3-10(4-6-11)13(19-18)8-7-12-2-1-9-20-12/h1-6,9,13,19H,7-8,18H2. The van der Waals surface area contributed by atoms with Crippen LogP contribution in [0, 0.1) is 0 Å². The van der Waals surface area contributed by atoms with Gasteiger partial charge in [0, 0.05) is 10.9 Å². The predicted molar refractivity (Wildman–Crippen MR) is 74.1 cm³/mol. The summed E-state index contributed by atoms with van der Waals surface area (Å²) in [6.07, 6.45) is -2.73. The zero-order valence-electron chi connectivity index (χ0n) is 10.7. The first-order valence-corrected chi connectivity index (χ1v) is 7.04. The van der Waals surface area contributed by atoms with Crippen molar-refractivity contribution in [1.29, 1.82) is 0 Å². The fraction of sp³-hybridized carbons (Fsp3) is 0.286. The number of thiophene rings is 1. The topological polar surface area (TPSA) is 38.0 Å². The van der Waals surface area contributed by atoms with Crippen molar-refractivity contribution in [2.45, 2.75) is 25.1 Å². The number of hydrazine groups is 1. The number of benzene rings is 1. The molecular weight excluding hydrogens is 285 g/mol. The largest absolute Gasteiger partial charge is 0.416 e. The second-order valence-electron chi connectivity index (χ2n) is 4.46. The monoisotopic (exact) mass is 300 g/mol. The van der Waals surface area contributed by atoms with Crippen molar-refractivity contribution in [3.63, 3.8) is 0 Å². The molecule has 0 aliphatic rings. The zero-order valence-corrected chi connectivity index (χ0v) is 11.5. The van der Waals surface area contributed by atoms with Gasteiger partial charge in [0.25, 0.3) is 0 Å². The Morgan fingerprint density at radius 3 is 2.35 bits per heavy atom. The molecular formula is C14H15F3N2S. The van der Waals surface area contributed by atoms with E-state index in [0.717, 1.165) is 30.5 Å². The maximum Gasteiger partial charge on any atom is 0.416 e. The number of hydrogen-bond acceptors (Lipinski definition) is 3. The smallest absolute Gasteiger partial charge is 0.271 e. The molecule has 1 aromatic carbocycles. The Labute approximate surface area is 119 Å². The minimum atomic E-state index is -4.30. The number of nitrogens with two attached hydrogens (primary N) is 1. The lowest BCUT2D eigenvalue weighted by Gasteiger charge is -2.16. The highest BCUT2D eigenvalue weighted by atomic mass is 32.1. The van der Waals surface area contributed by atoms with Gasteiger partial charge in [-0.25, -0.2) is 0 Å². The minimum Gasteiger partial charge on any atom is -0.271 e. The second kappa shape index (κ2) is 6.39. The van der Waals surface area contributed by atoms with E-state index < -0.39 is 11.7 Å². The van der Waals surface area contributed by atoms with E-state index in [-0.39, 0.29) is 6.04 Å². The van der Waals surface area contributed by atoms with Crippen LogP contribution in [0.1, 0.15) is 28.5 Å². The summed E-state index contributed by atoms with van der Waals surface area (Å²) in [5.74, 6) is 5.50. The highest BCUT2D eigenvalue weighted by Crippen LogP contribution is 2.30. The molecule has 0 aliphatic carbocycles. The molecule has 0 fully saturated rings. The first-order chi connectivity index (χ1) is 9.50. The van der Waals surface area contributed by atoms with E-state index in [2.05, 4.69) is 5.43 Å². The average Bonchev–Trinajstić information content (AvgIpc) is 2.92. The lowest BCUT2D eigenvalue weighted by Crippen LogP contribution is -2.28. The molecule has 0 saturated heterocycles. The van der Waals surface area contributed by atoms with Gasteiger partial charge in [0.05, 0.1) is 5.56 Å². The zero-order chi connectivity index (χ0) is 14.6. The fourth-order valence-corrected chi connectivity index (χ4v) is 2.72. The van der Waals surface area contributed by atoms with Gasteiger partial charge in [-0.1, -0.05) is 18.2 Å². The SMILES string of the molecule is NNC(CCc1cccs1)c1ccc(C(F)(F)F)cc1. The van der Waals surface area contributed by atoms with Crippen LogP contribution in [0.3, 0.4) is 0 Å². The second-order valence-corrected chi connectivity index (χ2v) is 5.49. The molecule has 2 rings (SSSR count). The Morgan fingerprint density at radius 2 is 1.85 bits per heavy atom. The summed E-state index contributed by atoms with van der Waals surface area (Å²) >= 11 is 1.66. The van der Waals surface area contributed by atoms with Crippen LogP contribution in [0.15, 0.2) is 41.8 Å². The molecule has 0 radical (unpaired) electrons. The molecule has 2 nitrogen and oxygen atoms in total. The summed E-state index contributed by atoms with van der Waals surface area (Å²) in [5.41, 5.74) is 2.78. The van der Waals surface area contributed by atoms with Gasteiger partial charge in [0.2, 0.25) is 0 Å². The van der Waals surface area contributed by atoms with Crippen LogP contribution in [-0.2, 0) is 12.6 Å². The number of nitrogens with one attached hydrogen (secondary N) is 1. The van der Waals surface area contributed by atoms with E-state index in [4.69, 9.17) is 5.84 Å². The molecule has 0 spiro atoms. The van der Waals surface area contributed by atoms with E-state index in [0.29, 0.717) is 0 Å². The number of aryl methyl sites for hydroxylation is 1. The van der Waals surface area contributed by atoms with Crippen LogP contribution in [0.2, 0.25) is 0 Å². The van der Waals surface area contributed by atoms with E-state index >= 15 is 0 Å². The minimum absolute atomic E-state index is 0.153. The number of rotatable bonds is 5. The molecule has 0 saturated carbocycles. The van der Waals surface area contributed by atoms with Gasteiger partial charge in [0.15, 0.2) is 0 Å². The molecule has 1 heterocycles. The maximum absolute atomic E-state index is 12.5. The third-order valence-electron chi connectivity index (χ3n) is 3.10. The van der Waals surface area contributed by atoms with Gasteiger partial charge in [0.1, 0.15) is 0 Å². The van der Waals surface area contributed by atoms with Crippen LogP contribution < -0.4 is 11.3 Å². The first-order valence-electron chi connectivity index (χ1n) is 6.16. The molecule has 1 unspecified atom stereocenters. The predicted octanol–water partition coefficient (Wildman–Crippen LogP) is 3.90. The highest BCUT2D eigenvalue weighted by molar-refractivity contribution is 7.09. The van der Waals surface area contributed by atoms with Gasteiger partial charge in [-0.2, -0.15) is 13.2 Å². The van der Waals surface area contributed by atoms with Crippen molar-refractivity contribution in [3.8, 4) is 0 Å². The molecule has 2 aromatic rings. The van der Waals surface area contributed by atoms with Crippen molar-refractivity contribution >= 4 is 11.3 Å². The normalized spacial score (nSPS) is 13.4. The molecule has 108 valence electrons. The van der Waals surface area contributed by atoms with Crippen LogP contribution in [0.25, 0.3) is 0 Å². The first kappa shape index (κ1) is 15.0. The van der Waals surface area contributed by atoms with E-state index in [1.165, 1.54) is 17.0 Å². The van der Waals surface area contributed by atoms with Crippen LogP contribution in [0.4, 0.5) is 13.2 Å². The Bertz CT molecular complexity index is 520. The third kappa shape index (κ3) is 3.82. The number of hydrogen-bond donors (Lipinski definition) is 2. The van der Waals surface area contributed by atoms with Gasteiger partial charge < -0.3 is 0 Å². The summed E-state index contributed by atoms with van der Waals surface area (Å²) in [6.45, 7) is 0. The van der Waals surface area contributed by atoms with E-state index in [1.54, 1.807) is 11.3 Å². The molecule has 0 bridgehead atoms. The Hall–Kier alpha value is -1.37. The van der Waals surface area contributed by atoms with Crippen molar-refractivity contribution in [2.24, 2.45) is 5.84 Å². The number of halogens is 3. The summed E-state index contributed by atoms with van der Waals surface area (Å²) in [6, 6.07) is 8.98.